The van der Waals surface area contributed by atoms with Crippen LogP contribution in [0, 0.1) is 0 Å². The van der Waals surface area contributed by atoms with Gasteiger partial charge in [0.1, 0.15) is 41.6 Å². The molecule has 8 atom stereocenters. The summed E-state index contributed by atoms with van der Waals surface area (Å²) in [6.45, 7) is -2.02. The molecular weight excluding hydrogens is 858 g/mol. The van der Waals surface area contributed by atoms with Crippen molar-refractivity contribution in [2.75, 3.05) is 57.5 Å². The van der Waals surface area contributed by atoms with Gasteiger partial charge in [0.25, 0.3) is 5.91 Å². The number of aliphatic hydroxyl groups excluding tert-OH is 10. The molecule has 2 heterocycles. The number of anilines is 2. The standard InChI is InChI=1S/C38H58ClN9O13S/c39-33-35(41)46-34(40)28(45-33)36(60)47-38(42)43-12-2-1-5-20-6-8-21(9-7-20)37-44-15-22(62-37)10-11-27(55)61-14-4-3-13-48(16-23(51)29(56)31(58)25(53)18-49)17-24(52)30(57)32(59)26(54)19-50/h6-9,15,23-26,29-32,49-54,56-59H,1-5,10-14,16-19H2,(H4,40,41,46)(H3,42,43,47,60). The normalized spacial score (nSPS) is 16.0. The first-order chi connectivity index (χ1) is 29.4. The summed E-state index contributed by atoms with van der Waals surface area (Å²) in [4.78, 5) is 43.4. The number of nitrogen functional groups attached to an aromatic ring is 2. The van der Waals surface area contributed by atoms with Crippen LogP contribution in [0.1, 0.15) is 53.0 Å². The fraction of sp³-hybridized carbons (Fsp3) is 0.579. The van der Waals surface area contributed by atoms with Crippen molar-refractivity contribution in [1.29, 1.82) is 0 Å². The average Bonchev–Trinajstić information content (AvgIpc) is 3.74. The lowest BCUT2D eigenvalue weighted by Gasteiger charge is -2.33. The van der Waals surface area contributed by atoms with E-state index >= 15 is 0 Å². The number of amides is 1. The van der Waals surface area contributed by atoms with Crippen molar-refractivity contribution < 1.29 is 65.4 Å². The predicted octanol–water partition coefficient (Wildman–Crippen LogP) is -3.08. The lowest BCUT2D eigenvalue weighted by molar-refractivity contribution is -0.143. The van der Waals surface area contributed by atoms with Crippen molar-refractivity contribution >= 4 is 52.4 Å². The second kappa shape index (κ2) is 26.4. The van der Waals surface area contributed by atoms with Crippen molar-refractivity contribution in [3.63, 3.8) is 0 Å². The number of unbranched alkanes of at least 4 members (excludes halogenated alkanes) is 2. The molecule has 0 radical (unpaired) electrons. The second-order valence-electron chi connectivity index (χ2n) is 14.4. The molecule has 0 bridgehead atoms. The van der Waals surface area contributed by atoms with E-state index in [1.807, 2.05) is 24.3 Å². The van der Waals surface area contributed by atoms with E-state index < -0.39 is 87.0 Å². The summed E-state index contributed by atoms with van der Waals surface area (Å²) >= 11 is 7.28. The van der Waals surface area contributed by atoms with Gasteiger partial charge in [0.2, 0.25) is 0 Å². The lowest BCUT2D eigenvalue weighted by Crippen LogP contribution is -2.53. The number of hydrogen-bond donors (Lipinski definition) is 14. The van der Waals surface area contributed by atoms with E-state index in [0.29, 0.717) is 32.2 Å². The molecule has 3 rings (SSSR count). The highest BCUT2D eigenvalue weighted by atomic mass is 35.5. The Morgan fingerprint density at radius 2 is 1.40 bits per heavy atom. The van der Waals surface area contributed by atoms with Crippen LogP contribution in [0.2, 0.25) is 5.15 Å². The molecule has 0 saturated heterocycles. The van der Waals surface area contributed by atoms with Gasteiger partial charge in [-0.1, -0.05) is 35.9 Å². The number of benzene rings is 1. The zero-order valence-electron chi connectivity index (χ0n) is 33.9. The minimum atomic E-state index is -1.90. The number of rotatable bonds is 27. The van der Waals surface area contributed by atoms with Gasteiger partial charge >= 0.3 is 5.97 Å². The van der Waals surface area contributed by atoms with Gasteiger partial charge < -0.3 is 73.0 Å². The summed E-state index contributed by atoms with van der Waals surface area (Å²) in [6, 6.07) is 7.96. The number of aliphatic imine (C=N–C) groups is 1. The molecule has 1 amide bonds. The first-order valence-corrected chi connectivity index (χ1v) is 20.9. The highest BCUT2D eigenvalue weighted by Gasteiger charge is 2.34. The number of thiazole rings is 1. The van der Waals surface area contributed by atoms with Gasteiger partial charge in [0, 0.05) is 36.3 Å². The molecule has 0 aliphatic heterocycles. The second-order valence-corrected chi connectivity index (χ2v) is 15.9. The monoisotopic (exact) mass is 915 g/mol. The van der Waals surface area contributed by atoms with Crippen LogP contribution in [-0.2, 0) is 22.4 Å². The molecule has 0 saturated carbocycles. The molecule has 62 heavy (non-hydrogen) atoms. The Kier molecular flexibility index (Phi) is 22.2. The molecule has 1 aromatic carbocycles. The quantitative estimate of drug-likeness (QED) is 0.0156. The Morgan fingerprint density at radius 3 is 2.00 bits per heavy atom. The lowest BCUT2D eigenvalue weighted by atomic mass is 10.0. The Hall–Kier alpha value is -4.21. The first-order valence-electron chi connectivity index (χ1n) is 19.7. The van der Waals surface area contributed by atoms with Gasteiger partial charge in [-0.2, -0.15) is 0 Å². The Labute approximate surface area is 366 Å². The van der Waals surface area contributed by atoms with Crippen LogP contribution in [-0.4, -0.2) is 184 Å². The van der Waals surface area contributed by atoms with E-state index in [1.54, 1.807) is 6.20 Å². The summed E-state index contributed by atoms with van der Waals surface area (Å²) < 4.78 is 5.36. The first kappa shape index (κ1) is 52.1. The number of halogens is 1. The molecule has 0 aliphatic carbocycles. The summed E-state index contributed by atoms with van der Waals surface area (Å²) in [7, 11) is 0. The van der Waals surface area contributed by atoms with Crippen LogP contribution in [0.25, 0.3) is 10.6 Å². The van der Waals surface area contributed by atoms with Crippen LogP contribution >= 0.6 is 22.9 Å². The minimum Gasteiger partial charge on any atom is -0.466 e. The maximum absolute atomic E-state index is 12.5. The van der Waals surface area contributed by atoms with Crippen molar-refractivity contribution in [1.82, 2.24) is 25.2 Å². The number of nitrogens with one attached hydrogen (secondary N) is 1. The topological polar surface area (TPSA) is 390 Å². The smallest absolute Gasteiger partial charge is 0.306 e. The zero-order valence-corrected chi connectivity index (χ0v) is 35.4. The Morgan fingerprint density at radius 1 is 0.806 bits per heavy atom. The van der Waals surface area contributed by atoms with E-state index in [2.05, 4.69) is 25.3 Å². The molecule has 3 aromatic rings. The summed E-state index contributed by atoms with van der Waals surface area (Å²) in [5, 5.41) is 102. The Bertz CT molecular complexity index is 1840. The van der Waals surface area contributed by atoms with E-state index in [1.165, 1.54) is 16.2 Å². The maximum Gasteiger partial charge on any atom is 0.306 e. The molecule has 22 nitrogen and oxygen atoms in total. The zero-order chi connectivity index (χ0) is 45.9. The third-order valence-corrected chi connectivity index (χ3v) is 10.9. The van der Waals surface area contributed by atoms with Gasteiger partial charge in [-0.3, -0.25) is 24.8 Å². The molecule has 2 aromatic heterocycles. The largest absolute Gasteiger partial charge is 0.466 e. The summed E-state index contributed by atoms with van der Waals surface area (Å²) in [6.07, 6.45) is -9.23. The fourth-order valence-corrected chi connectivity index (χ4v) is 6.93. The SMILES string of the molecule is NC(=NCCCCc1ccc(-c2ncc(CCC(=O)OCCCCN(CC(O)C(O)C(O)C(O)CO)CC(O)C(O)C(O)C(O)CO)s2)cc1)NC(=O)c1nc(Cl)c(N)nc1N. The number of hydrogen-bond acceptors (Lipinski definition) is 21. The predicted molar refractivity (Wildman–Crippen MR) is 227 cm³/mol. The number of nitrogens with zero attached hydrogens (tertiary/aromatic N) is 5. The molecule has 24 heteroatoms. The number of aryl methyl sites for hydroxylation is 2. The molecule has 0 spiro atoms. The van der Waals surface area contributed by atoms with Crippen molar-refractivity contribution in [3.8, 4) is 10.6 Å². The third kappa shape index (κ3) is 16.8. The number of carbonyl (C=O) groups is 2. The van der Waals surface area contributed by atoms with E-state index in [9.17, 15) is 50.4 Å². The Balaban J connectivity index is 1.39. The van der Waals surface area contributed by atoms with Crippen molar-refractivity contribution in [3.05, 3.63) is 51.7 Å². The highest BCUT2D eigenvalue weighted by molar-refractivity contribution is 7.15. The number of esters is 1. The summed E-state index contributed by atoms with van der Waals surface area (Å²) in [5.74, 6) is -1.54. The maximum atomic E-state index is 12.5. The summed E-state index contributed by atoms with van der Waals surface area (Å²) in [5.41, 5.74) is 18.9. The molecule has 8 unspecified atom stereocenters. The number of ether oxygens (including phenoxy) is 1. The van der Waals surface area contributed by atoms with Crippen LogP contribution in [0.4, 0.5) is 11.6 Å². The minimum absolute atomic E-state index is 0.0406. The highest BCUT2D eigenvalue weighted by Crippen LogP contribution is 2.27. The van der Waals surface area contributed by atoms with Gasteiger partial charge in [-0.05, 0) is 50.6 Å². The van der Waals surface area contributed by atoms with Crippen LogP contribution < -0.4 is 22.5 Å². The third-order valence-electron chi connectivity index (χ3n) is 9.52. The van der Waals surface area contributed by atoms with E-state index in [-0.39, 0.29) is 48.0 Å². The van der Waals surface area contributed by atoms with Gasteiger partial charge in [0.05, 0.1) is 38.4 Å². The van der Waals surface area contributed by atoms with Gasteiger partial charge in [-0.25, -0.2) is 15.0 Å². The van der Waals surface area contributed by atoms with Crippen LogP contribution in [0.3, 0.4) is 0 Å². The molecule has 17 N–H and O–H groups in total. The average molecular weight is 916 g/mol. The number of carbonyl (C=O) groups excluding carboxylic acids is 2. The molecule has 0 fully saturated rings. The van der Waals surface area contributed by atoms with E-state index in [4.69, 9.17) is 43.8 Å². The number of nitrogens with two attached hydrogens (primary N) is 3. The van der Waals surface area contributed by atoms with Gasteiger partial charge in [0.15, 0.2) is 28.4 Å². The molecule has 0 aliphatic rings. The number of aromatic nitrogens is 3. The van der Waals surface area contributed by atoms with Crippen LogP contribution in [0.15, 0.2) is 35.5 Å². The molecular formula is C38H58ClN9O13S. The van der Waals surface area contributed by atoms with Gasteiger partial charge in [-0.15, -0.1) is 11.3 Å². The number of guanidine groups is 1. The van der Waals surface area contributed by atoms with Crippen molar-refractivity contribution in [2.45, 2.75) is 93.8 Å². The molecule has 346 valence electrons. The van der Waals surface area contributed by atoms with E-state index in [0.717, 1.165) is 33.9 Å². The number of aliphatic hydroxyl groups is 10. The van der Waals surface area contributed by atoms with Crippen molar-refractivity contribution in [2.24, 2.45) is 10.7 Å². The fourth-order valence-electron chi connectivity index (χ4n) is 5.88. The van der Waals surface area contributed by atoms with Crippen LogP contribution in [0.5, 0.6) is 0 Å².